The fraction of sp³-hybridized carbons (Fsp3) is 0.143. The topological polar surface area (TPSA) is 17.1 Å². The maximum Gasteiger partial charge on any atom is 0.169 e. The van der Waals surface area contributed by atoms with E-state index in [1.807, 2.05) is 5.38 Å². The zero-order chi connectivity index (χ0) is 6.85. The summed E-state index contributed by atoms with van der Waals surface area (Å²) in [6, 6.07) is 1.80. The molecule has 0 saturated carbocycles. The van der Waals surface area contributed by atoms with Gasteiger partial charge in [-0.05, 0) is 30.9 Å². The smallest absolute Gasteiger partial charge is 0.169 e. The lowest BCUT2D eigenvalue weighted by atomic mass is 10.3. The minimum atomic E-state index is 0.120. The Morgan fingerprint density at radius 3 is 2.67 bits per heavy atom. The lowest BCUT2D eigenvalue weighted by Crippen LogP contribution is -1.83. The summed E-state index contributed by atoms with van der Waals surface area (Å²) in [6.45, 7) is 5.24. The van der Waals surface area contributed by atoms with Gasteiger partial charge >= 0.3 is 0 Å². The van der Waals surface area contributed by atoms with E-state index in [1.54, 1.807) is 13.0 Å². The highest BCUT2D eigenvalue weighted by Crippen LogP contribution is 2.13. The highest BCUT2D eigenvalue weighted by molar-refractivity contribution is 7.12. The Balaban J connectivity index is 2.98. The standard InChI is InChI=1S/C7H7OS/c1-5-3-7(6(2)8)9-4-5/h3-4H,1H2,2H3. The van der Waals surface area contributed by atoms with Gasteiger partial charge in [0.25, 0.3) is 0 Å². The molecule has 1 radical (unpaired) electrons. The molecule has 0 N–H and O–H groups in total. The third-order valence-electron chi connectivity index (χ3n) is 1.00. The number of ketones is 1. The summed E-state index contributed by atoms with van der Waals surface area (Å²) in [4.78, 5) is 11.4. The van der Waals surface area contributed by atoms with Crippen LogP contribution in [0.5, 0.6) is 0 Å². The molecule has 0 aliphatic carbocycles. The normalized spacial score (nSPS) is 9.56. The van der Waals surface area contributed by atoms with Crippen molar-refractivity contribution >= 4 is 17.1 Å². The maximum atomic E-state index is 10.6. The summed E-state index contributed by atoms with van der Waals surface area (Å²) in [5.74, 6) is 0.120. The van der Waals surface area contributed by atoms with Crippen LogP contribution in [0, 0.1) is 6.92 Å². The van der Waals surface area contributed by atoms with Crippen LogP contribution in [0.25, 0.3) is 0 Å². The van der Waals surface area contributed by atoms with Crippen LogP contribution >= 0.6 is 11.3 Å². The Bertz CT molecular complexity index is 225. The predicted octanol–water partition coefficient (Wildman–Crippen LogP) is 2.13. The maximum absolute atomic E-state index is 10.6. The molecule has 0 spiro atoms. The first-order valence-electron chi connectivity index (χ1n) is 2.61. The second-order valence-corrected chi connectivity index (χ2v) is 2.79. The Kier molecular flexibility index (Phi) is 1.67. The van der Waals surface area contributed by atoms with Gasteiger partial charge in [-0.1, -0.05) is 0 Å². The minimum absolute atomic E-state index is 0.120. The van der Waals surface area contributed by atoms with Crippen molar-refractivity contribution in [3.8, 4) is 0 Å². The van der Waals surface area contributed by atoms with Crippen LogP contribution in [0.1, 0.15) is 22.2 Å². The van der Waals surface area contributed by atoms with Crippen molar-refractivity contribution < 1.29 is 4.79 Å². The number of hydrogen-bond acceptors (Lipinski definition) is 2. The fourth-order valence-electron chi connectivity index (χ4n) is 0.560. The van der Waals surface area contributed by atoms with Crippen molar-refractivity contribution in [1.29, 1.82) is 0 Å². The molecular formula is C7H7OS. The van der Waals surface area contributed by atoms with Gasteiger partial charge in [-0.25, -0.2) is 0 Å². The Labute approximate surface area is 58.3 Å². The molecule has 1 aromatic rings. The van der Waals surface area contributed by atoms with Gasteiger partial charge in [0, 0.05) is 0 Å². The SMILES string of the molecule is [CH2]c1csc(C(C)=O)c1. The number of rotatable bonds is 1. The van der Waals surface area contributed by atoms with E-state index in [-0.39, 0.29) is 5.78 Å². The molecule has 0 atom stereocenters. The first-order chi connectivity index (χ1) is 4.20. The van der Waals surface area contributed by atoms with E-state index >= 15 is 0 Å². The lowest BCUT2D eigenvalue weighted by Gasteiger charge is -1.80. The molecule has 0 bridgehead atoms. The van der Waals surface area contributed by atoms with E-state index in [0.29, 0.717) is 0 Å². The van der Waals surface area contributed by atoms with Crippen molar-refractivity contribution in [2.24, 2.45) is 0 Å². The molecule has 1 rings (SSSR count). The van der Waals surface area contributed by atoms with Crippen molar-refractivity contribution in [3.05, 3.63) is 28.8 Å². The van der Waals surface area contributed by atoms with Crippen molar-refractivity contribution in [2.45, 2.75) is 6.92 Å². The fourth-order valence-corrected chi connectivity index (χ4v) is 1.29. The van der Waals surface area contributed by atoms with Crippen molar-refractivity contribution in [1.82, 2.24) is 0 Å². The van der Waals surface area contributed by atoms with E-state index in [2.05, 4.69) is 6.92 Å². The summed E-state index contributed by atoms with van der Waals surface area (Å²) < 4.78 is 0. The van der Waals surface area contributed by atoms with Crippen LogP contribution in [0.15, 0.2) is 11.4 Å². The molecular weight excluding hydrogens is 132 g/mol. The quantitative estimate of drug-likeness (QED) is 0.545. The summed E-state index contributed by atoms with van der Waals surface area (Å²) in [6.07, 6.45) is 0. The van der Waals surface area contributed by atoms with Crippen molar-refractivity contribution in [2.75, 3.05) is 0 Å². The molecule has 0 saturated heterocycles. The Hall–Kier alpha value is -0.630. The average molecular weight is 139 g/mol. The highest BCUT2D eigenvalue weighted by Gasteiger charge is 1.99. The first kappa shape index (κ1) is 6.49. The number of carbonyl (C=O) groups is 1. The number of Topliss-reactive ketones (excluding diaryl/α,β-unsaturated/α-hetero) is 1. The minimum Gasteiger partial charge on any atom is -0.294 e. The summed E-state index contributed by atoms with van der Waals surface area (Å²) in [7, 11) is 0. The van der Waals surface area contributed by atoms with E-state index in [9.17, 15) is 4.79 Å². The van der Waals surface area contributed by atoms with Gasteiger partial charge in [0.1, 0.15) is 0 Å². The molecule has 1 nitrogen and oxygen atoms in total. The monoisotopic (exact) mass is 139 g/mol. The molecule has 1 aromatic heterocycles. The van der Waals surface area contributed by atoms with Gasteiger partial charge in [-0.3, -0.25) is 4.79 Å². The second kappa shape index (κ2) is 2.31. The molecule has 47 valence electrons. The Morgan fingerprint density at radius 2 is 2.44 bits per heavy atom. The first-order valence-corrected chi connectivity index (χ1v) is 3.49. The van der Waals surface area contributed by atoms with E-state index < -0.39 is 0 Å². The van der Waals surface area contributed by atoms with Gasteiger partial charge in [0.05, 0.1) is 4.88 Å². The highest BCUT2D eigenvalue weighted by atomic mass is 32.1. The van der Waals surface area contributed by atoms with Crippen LogP contribution < -0.4 is 0 Å². The van der Waals surface area contributed by atoms with Gasteiger partial charge in [-0.2, -0.15) is 0 Å². The van der Waals surface area contributed by atoms with E-state index in [1.165, 1.54) is 11.3 Å². The molecule has 0 amide bonds. The largest absolute Gasteiger partial charge is 0.294 e. The Morgan fingerprint density at radius 1 is 1.78 bits per heavy atom. The summed E-state index contributed by atoms with van der Waals surface area (Å²) in [5, 5.41) is 1.87. The van der Waals surface area contributed by atoms with Crippen LogP contribution in [0.2, 0.25) is 0 Å². The molecule has 0 aromatic carbocycles. The predicted molar refractivity (Wildman–Crippen MR) is 38.8 cm³/mol. The summed E-state index contributed by atoms with van der Waals surface area (Å²) in [5.41, 5.74) is 0.921. The molecule has 1 heterocycles. The lowest BCUT2D eigenvalue weighted by molar-refractivity contribution is 0.102. The number of hydrogen-bond donors (Lipinski definition) is 0. The second-order valence-electron chi connectivity index (χ2n) is 1.88. The third kappa shape index (κ3) is 1.39. The van der Waals surface area contributed by atoms with Gasteiger partial charge in [-0.15, -0.1) is 11.3 Å². The molecule has 9 heavy (non-hydrogen) atoms. The van der Waals surface area contributed by atoms with Crippen LogP contribution in [-0.2, 0) is 0 Å². The molecule has 0 unspecified atom stereocenters. The number of carbonyl (C=O) groups excluding carboxylic acids is 1. The molecule has 0 aliphatic rings. The zero-order valence-corrected chi connectivity index (χ0v) is 5.99. The van der Waals surface area contributed by atoms with E-state index in [4.69, 9.17) is 0 Å². The number of thiophene rings is 1. The molecule has 0 aliphatic heterocycles. The zero-order valence-electron chi connectivity index (χ0n) is 5.18. The van der Waals surface area contributed by atoms with Crippen LogP contribution in [0.4, 0.5) is 0 Å². The van der Waals surface area contributed by atoms with Crippen molar-refractivity contribution in [3.63, 3.8) is 0 Å². The van der Waals surface area contributed by atoms with E-state index in [0.717, 1.165) is 10.4 Å². The van der Waals surface area contributed by atoms with Crippen LogP contribution in [-0.4, -0.2) is 5.78 Å². The van der Waals surface area contributed by atoms with Gasteiger partial charge in [0.2, 0.25) is 0 Å². The van der Waals surface area contributed by atoms with Crippen LogP contribution in [0.3, 0.4) is 0 Å². The average Bonchev–Trinajstić information content (AvgIpc) is 2.14. The molecule has 0 fully saturated rings. The molecule has 2 heteroatoms. The van der Waals surface area contributed by atoms with Gasteiger partial charge < -0.3 is 0 Å². The third-order valence-corrected chi connectivity index (χ3v) is 2.08. The van der Waals surface area contributed by atoms with Gasteiger partial charge in [0.15, 0.2) is 5.78 Å². The summed E-state index contributed by atoms with van der Waals surface area (Å²) >= 11 is 1.45.